The third kappa shape index (κ3) is 3.44. The number of aromatic nitrogens is 2. The van der Waals surface area contributed by atoms with Gasteiger partial charge >= 0.3 is 0 Å². The van der Waals surface area contributed by atoms with Crippen LogP contribution in [0.4, 0.5) is 5.69 Å². The lowest BCUT2D eigenvalue weighted by Crippen LogP contribution is -2.42. The lowest BCUT2D eigenvalue weighted by molar-refractivity contribution is -0.118. The summed E-state index contributed by atoms with van der Waals surface area (Å²) in [6.45, 7) is 0.545. The molecule has 8 heteroatoms. The van der Waals surface area contributed by atoms with Crippen molar-refractivity contribution in [2.45, 2.75) is 11.3 Å². The van der Waals surface area contributed by atoms with E-state index in [1.54, 1.807) is 30.5 Å². The number of primary amides is 1. The van der Waals surface area contributed by atoms with E-state index in [1.807, 2.05) is 50.5 Å². The number of hydrogen-bond donors (Lipinski definition) is 1. The summed E-state index contributed by atoms with van der Waals surface area (Å²) in [6, 6.07) is 18.1. The van der Waals surface area contributed by atoms with Crippen LogP contribution in [0.25, 0.3) is 21.7 Å². The highest BCUT2D eigenvalue weighted by molar-refractivity contribution is 7.90. The molecule has 1 amide bonds. The fourth-order valence-electron chi connectivity index (χ4n) is 3.60. The summed E-state index contributed by atoms with van der Waals surface area (Å²) in [6.07, 6.45) is 1.81. The van der Waals surface area contributed by atoms with Crippen molar-refractivity contribution in [2.75, 3.05) is 20.6 Å². The first kappa shape index (κ1) is 20.1. The quantitative estimate of drug-likeness (QED) is 0.483. The van der Waals surface area contributed by atoms with Gasteiger partial charge in [0.2, 0.25) is 5.91 Å². The zero-order valence-electron chi connectivity index (χ0n) is 16.8. The van der Waals surface area contributed by atoms with Crippen LogP contribution in [-0.4, -0.2) is 44.2 Å². The molecule has 7 nitrogen and oxygen atoms in total. The van der Waals surface area contributed by atoms with E-state index in [-0.39, 0.29) is 17.2 Å². The van der Waals surface area contributed by atoms with E-state index in [0.29, 0.717) is 27.3 Å². The van der Waals surface area contributed by atoms with E-state index in [1.165, 1.54) is 0 Å². The minimum absolute atomic E-state index is 0.215. The highest BCUT2D eigenvalue weighted by atomic mass is 32.2. The van der Waals surface area contributed by atoms with Crippen molar-refractivity contribution in [3.63, 3.8) is 0 Å². The maximum atomic E-state index is 13.4. The molecule has 154 valence electrons. The lowest BCUT2D eigenvalue weighted by Gasteiger charge is -2.28. The van der Waals surface area contributed by atoms with Gasteiger partial charge in [0.1, 0.15) is 5.69 Å². The molecule has 1 heterocycles. The van der Waals surface area contributed by atoms with Gasteiger partial charge in [0, 0.05) is 22.9 Å². The summed E-state index contributed by atoms with van der Waals surface area (Å²) in [7, 11) is 0.0678. The molecule has 4 rings (SSSR count). The van der Waals surface area contributed by atoms with Crippen molar-refractivity contribution in [1.29, 1.82) is 0 Å². The standard InChI is InChI=1S/C22H22N4O3S/c1-26(2,13-12-22(23)27)18-10-11-20-17(14-18)15-24-25(20)30(28,29)21-9-5-7-16-6-3-4-8-19(16)21/h3-11,14-15H,12-13H2,1-2H3,(H-,23,27)/p+1. The minimum Gasteiger partial charge on any atom is -0.369 e. The predicted octanol–water partition coefficient (Wildman–Crippen LogP) is 2.87. The number of fused-ring (bicyclic) bond motifs is 2. The maximum Gasteiger partial charge on any atom is 0.284 e. The molecule has 0 spiro atoms. The second kappa shape index (κ2) is 7.23. The SMILES string of the molecule is C[N+](C)(CCC(N)=O)c1ccc2c(cnn2S(=O)(=O)c2cccc3ccccc23)c1. The fourth-order valence-corrected chi connectivity index (χ4v) is 5.09. The van der Waals surface area contributed by atoms with Crippen molar-refractivity contribution in [2.24, 2.45) is 5.73 Å². The normalized spacial score (nSPS) is 12.5. The van der Waals surface area contributed by atoms with Crippen LogP contribution in [0.15, 0.2) is 71.8 Å². The molecule has 0 fully saturated rings. The van der Waals surface area contributed by atoms with Gasteiger partial charge in [-0.15, -0.1) is 0 Å². The molecule has 0 unspecified atom stereocenters. The van der Waals surface area contributed by atoms with E-state index in [4.69, 9.17) is 5.73 Å². The number of hydrogen-bond acceptors (Lipinski definition) is 4. The zero-order chi connectivity index (χ0) is 21.5. The van der Waals surface area contributed by atoms with E-state index >= 15 is 0 Å². The molecule has 0 radical (unpaired) electrons. The Morgan fingerprint density at radius 1 is 1.03 bits per heavy atom. The van der Waals surface area contributed by atoms with Crippen LogP contribution in [-0.2, 0) is 14.8 Å². The summed E-state index contributed by atoms with van der Waals surface area (Å²) in [5.41, 5.74) is 6.72. The van der Waals surface area contributed by atoms with E-state index in [2.05, 4.69) is 5.10 Å². The molecular formula is C22H23N4O3S+. The Morgan fingerprint density at radius 2 is 1.77 bits per heavy atom. The summed E-state index contributed by atoms with van der Waals surface area (Å²) < 4.78 is 28.4. The molecule has 0 bridgehead atoms. The van der Waals surface area contributed by atoms with Crippen LogP contribution < -0.4 is 10.2 Å². The lowest BCUT2D eigenvalue weighted by atomic mass is 10.1. The van der Waals surface area contributed by atoms with Crippen LogP contribution in [0, 0.1) is 0 Å². The maximum absolute atomic E-state index is 13.4. The fraction of sp³-hybridized carbons (Fsp3) is 0.182. The number of carbonyl (C=O) groups is 1. The van der Waals surface area contributed by atoms with Gasteiger partial charge in [-0.3, -0.25) is 9.28 Å². The average molecular weight is 424 g/mol. The molecule has 0 saturated heterocycles. The third-order valence-corrected chi connectivity index (χ3v) is 7.05. The molecule has 4 aromatic rings. The van der Waals surface area contributed by atoms with E-state index < -0.39 is 10.0 Å². The van der Waals surface area contributed by atoms with Gasteiger partial charge < -0.3 is 5.73 Å². The van der Waals surface area contributed by atoms with Crippen molar-refractivity contribution in [3.05, 3.63) is 66.9 Å². The smallest absolute Gasteiger partial charge is 0.284 e. The Labute approximate surface area is 175 Å². The van der Waals surface area contributed by atoms with E-state index in [9.17, 15) is 13.2 Å². The molecule has 0 aliphatic carbocycles. The number of nitrogens with zero attached hydrogens (tertiary/aromatic N) is 3. The Morgan fingerprint density at radius 3 is 2.53 bits per heavy atom. The van der Waals surface area contributed by atoms with Crippen LogP contribution in [0.1, 0.15) is 6.42 Å². The van der Waals surface area contributed by atoms with Crippen molar-refractivity contribution >= 4 is 43.3 Å². The van der Waals surface area contributed by atoms with Gasteiger partial charge in [-0.25, -0.2) is 0 Å². The molecule has 0 atom stereocenters. The van der Waals surface area contributed by atoms with Crippen LogP contribution in [0.3, 0.4) is 0 Å². The van der Waals surface area contributed by atoms with Crippen LogP contribution >= 0.6 is 0 Å². The summed E-state index contributed by atoms with van der Waals surface area (Å²) in [5, 5.41) is 6.41. The van der Waals surface area contributed by atoms with Crippen molar-refractivity contribution < 1.29 is 13.2 Å². The Bertz CT molecular complexity index is 1370. The van der Waals surface area contributed by atoms with Crippen LogP contribution in [0.2, 0.25) is 0 Å². The first-order valence-corrected chi connectivity index (χ1v) is 11.0. The number of amides is 1. The summed E-state index contributed by atoms with van der Waals surface area (Å²) >= 11 is 0. The van der Waals surface area contributed by atoms with Gasteiger partial charge in [0.15, 0.2) is 0 Å². The highest BCUT2D eigenvalue weighted by Gasteiger charge is 2.25. The Hall–Kier alpha value is -3.23. The first-order valence-electron chi connectivity index (χ1n) is 9.53. The van der Waals surface area contributed by atoms with Crippen molar-refractivity contribution in [1.82, 2.24) is 13.7 Å². The summed E-state index contributed by atoms with van der Waals surface area (Å²) in [4.78, 5) is 11.4. The Kier molecular flexibility index (Phi) is 4.83. The second-order valence-electron chi connectivity index (χ2n) is 7.84. The van der Waals surface area contributed by atoms with Gasteiger partial charge in [0.05, 0.1) is 43.7 Å². The largest absolute Gasteiger partial charge is 0.369 e. The second-order valence-corrected chi connectivity index (χ2v) is 9.57. The predicted molar refractivity (Wildman–Crippen MR) is 119 cm³/mol. The highest BCUT2D eigenvalue weighted by Crippen LogP contribution is 2.29. The molecule has 1 aromatic heterocycles. The number of nitrogens with two attached hydrogens (primary N) is 1. The molecule has 0 aliphatic rings. The topological polar surface area (TPSA) is 95.1 Å². The molecular weight excluding hydrogens is 400 g/mol. The van der Waals surface area contributed by atoms with Gasteiger partial charge in [-0.1, -0.05) is 36.4 Å². The number of quaternary nitrogens is 1. The van der Waals surface area contributed by atoms with Gasteiger partial charge in [-0.2, -0.15) is 17.6 Å². The average Bonchev–Trinajstić information content (AvgIpc) is 3.16. The Balaban J connectivity index is 1.79. The molecule has 30 heavy (non-hydrogen) atoms. The number of rotatable bonds is 6. The van der Waals surface area contributed by atoms with Gasteiger partial charge in [-0.05, 0) is 17.5 Å². The van der Waals surface area contributed by atoms with Crippen LogP contribution in [0.5, 0.6) is 0 Å². The summed E-state index contributed by atoms with van der Waals surface area (Å²) in [5.74, 6) is -0.351. The zero-order valence-corrected chi connectivity index (χ0v) is 17.6. The molecule has 2 N–H and O–H groups in total. The van der Waals surface area contributed by atoms with E-state index in [0.717, 1.165) is 15.2 Å². The third-order valence-electron chi connectivity index (χ3n) is 5.39. The minimum atomic E-state index is -3.88. The molecule has 3 aromatic carbocycles. The first-order chi connectivity index (χ1) is 14.2. The number of benzene rings is 3. The monoisotopic (exact) mass is 423 g/mol. The molecule has 0 aliphatic heterocycles. The number of carbonyl (C=O) groups excluding carboxylic acids is 1. The molecule has 0 saturated carbocycles. The van der Waals surface area contributed by atoms with Gasteiger partial charge in [0.25, 0.3) is 10.0 Å². The van der Waals surface area contributed by atoms with Crippen molar-refractivity contribution in [3.8, 4) is 0 Å².